The quantitative estimate of drug-likeness (QED) is 0.132. The minimum atomic E-state index is 0.534. The summed E-state index contributed by atoms with van der Waals surface area (Å²) < 4.78 is 2.97. The van der Waals surface area contributed by atoms with Crippen molar-refractivity contribution in [1.82, 2.24) is 24.0 Å². The molecule has 0 atom stereocenters. The zero-order chi connectivity index (χ0) is 39.2. The van der Waals surface area contributed by atoms with Gasteiger partial charge in [-0.3, -0.25) is 9.38 Å². The first-order valence-electron chi connectivity index (χ1n) is 20.1. The minimum absolute atomic E-state index is 0.534. The summed E-state index contributed by atoms with van der Waals surface area (Å²) in [6.07, 6.45) is 0. The third kappa shape index (κ3) is 4.94. The molecule has 0 bridgehead atoms. The summed E-state index contributed by atoms with van der Waals surface area (Å²) in [4.78, 5) is 17.9. The SMILES string of the molecule is C[N+]1(C)c2ccccc2N(c2nc(-c3ccccc3)nc(-c3ccccc3)n2)c2cc3c(cc21)c1c2c4ccccc4c4ccccc4c2ccc1n3-c1ccccc1. The van der Waals surface area contributed by atoms with Crippen LogP contribution in [-0.2, 0) is 0 Å². The van der Waals surface area contributed by atoms with Crippen molar-refractivity contribution in [2.24, 2.45) is 0 Å². The molecule has 6 heteroatoms. The number of para-hydroxylation sites is 3. The topological polar surface area (TPSA) is 46.8 Å². The van der Waals surface area contributed by atoms with Crippen LogP contribution in [0.2, 0.25) is 0 Å². The van der Waals surface area contributed by atoms with Crippen molar-refractivity contribution in [1.29, 1.82) is 0 Å². The molecule has 0 fully saturated rings. The Morgan fingerprint density at radius 2 is 0.915 bits per heavy atom. The molecule has 12 rings (SSSR count). The fourth-order valence-corrected chi connectivity index (χ4v) is 9.50. The van der Waals surface area contributed by atoms with Gasteiger partial charge in [-0.05, 0) is 57.3 Å². The highest BCUT2D eigenvalue weighted by atomic mass is 15.4. The van der Waals surface area contributed by atoms with E-state index in [0.29, 0.717) is 22.1 Å². The van der Waals surface area contributed by atoms with Crippen molar-refractivity contribution in [3.8, 4) is 28.5 Å². The summed E-state index contributed by atoms with van der Waals surface area (Å²) in [5.41, 5.74) is 9.58. The molecule has 0 spiro atoms. The highest BCUT2D eigenvalue weighted by molar-refractivity contribution is 6.35. The van der Waals surface area contributed by atoms with Crippen LogP contribution in [0.1, 0.15) is 0 Å². The predicted octanol–water partition coefficient (Wildman–Crippen LogP) is 13.4. The maximum absolute atomic E-state index is 5.30. The van der Waals surface area contributed by atoms with Crippen molar-refractivity contribution in [2.45, 2.75) is 0 Å². The molecule has 0 aliphatic carbocycles. The lowest BCUT2D eigenvalue weighted by Crippen LogP contribution is -2.40. The van der Waals surface area contributed by atoms with E-state index in [-0.39, 0.29) is 0 Å². The Balaban J connectivity index is 1.23. The highest BCUT2D eigenvalue weighted by Gasteiger charge is 2.41. The number of aromatic nitrogens is 4. The fraction of sp³-hybridized carbons (Fsp3) is 0.0377. The third-order valence-electron chi connectivity index (χ3n) is 12.2. The van der Waals surface area contributed by atoms with Gasteiger partial charge in [0.05, 0.1) is 25.1 Å². The van der Waals surface area contributed by atoms with Crippen LogP contribution >= 0.6 is 0 Å². The van der Waals surface area contributed by atoms with E-state index in [1.807, 2.05) is 36.4 Å². The monoisotopic (exact) mass is 757 g/mol. The molecule has 0 radical (unpaired) electrons. The summed E-state index contributed by atoms with van der Waals surface area (Å²) in [5, 5.41) is 10.0. The summed E-state index contributed by atoms with van der Waals surface area (Å²) in [5.74, 6) is 1.81. The Hall–Kier alpha value is -7.67. The normalized spacial score (nSPS) is 13.4. The second kappa shape index (κ2) is 12.7. The van der Waals surface area contributed by atoms with Crippen LogP contribution in [0.5, 0.6) is 0 Å². The van der Waals surface area contributed by atoms with Crippen molar-refractivity contribution in [3.63, 3.8) is 0 Å². The second-order valence-corrected chi connectivity index (χ2v) is 15.8. The Bertz CT molecular complexity index is 3370. The van der Waals surface area contributed by atoms with Gasteiger partial charge in [0.25, 0.3) is 0 Å². The summed E-state index contributed by atoms with van der Waals surface area (Å²) in [6.45, 7) is 0. The molecule has 2 aromatic heterocycles. The van der Waals surface area contributed by atoms with Crippen LogP contribution in [0, 0.1) is 0 Å². The fourth-order valence-electron chi connectivity index (χ4n) is 9.50. The van der Waals surface area contributed by atoms with Gasteiger partial charge in [0, 0.05) is 45.1 Å². The van der Waals surface area contributed by atoms with E-state index >= 15 is 0 Å². The average Bonchev–Trinajstić information content (AvgIpc) is 3.63. The van der Waals surface area contributed by atoms with Gasteiger partial charge in [-0.25, -0.2) is 4.98 Å². The van der Waals surface area contributed by atoms with Gasteiger partial charge in [-0.1, -0.05) is 146 Å². The molecule has 278 valence electrons. The van der Waals surface area contributed by atoms with Crippen LogP contribution < -0.4 is 9.38 Å². The van der Waals surface area contributed by atoms with Gasteiger partial charge in [0.15, 0.2) is 23.0 Å². The molecule has 0 N–H and O–H groups in total. The van der Waals surface area contributed by atoms with E-state index in [4.69, 9.17) is 15.0 Å². The van der Waals surface area contributed by atoms with Crippen LogP contribution in [0.4, 0.5) is 28.7 Å². The van der Waals surface area contributed by atoms with E-state index in [9.17, 15) is 0 Å². The van der Waals surface area contributed by atoms with Crippen molar-refractivity contribution in [2.75, 3.05) is 19.0 Å². The molecule has 0 unspecified atom stereocenters. The molecule has 0 amide bonds. The highest BCUT2D eigenvalue weighted by Crippen LogP contribution is 2.56. The first kappa shape index (κ1) is 33.5. The molecule has 9 aromatic carbocycles. The maximum Gasteiger partial charge on any atom is 0.239 e. The lowest BCUT2D eigenvalue weighted by Gasteiger charge is -2.40. The lowest BCUT2D eigenvalue weighted by molar-refractivity contribution is 0.550. The van der Waals surface area contributed by atoms with Gasteiger partial charge >= 0.3 is 0 Å². The molecule has 1 aliphatic rings. The lowest BCUT2D eigenvalue weighted by atomic mass is 9.91. The smallest absolute Gasteiger partial charge is 0.239 e. The van der Waals surface area contributed by atoms with Crippen LogP contribution in [0.15, 0.2) is 188 Å². The molecule has 3 heterocycles. The second-order valence-electron chi connectivity index (χ2n) is 15.8. The number of rotatable bonds is 4. The van der Waals surface area contributed by atoms with E-state index in [0.717, 1.165) is 50.6 Å². The maximum atomic E-state index is 5.30. The number of anilines is 3. The summed E-state index contributed by atoms with van der Waals surface area (Å²) in [6, 6.07) is 67.0. The predicted molar refractivity (Wildman–Crippen MR) is 246 cm³/mol. The summed E-state index contributed by atoms with van der Waals surface area (Å²) in [7, 11) is 4.58. The van der Waals surface area contributed by atoms with E-state index < -0.39 is 0 Å². The Kier molecular flexibility index (Phi) is 7.19. The molecule has 0 saturated heterocycles. The Morgan fingerprint density at radius 1 is 0.390 bits per heavy atom. The van der Waals surface area contributed by atoms with Crippen molar-refractivity contribution < 1.29 is 0 Å². The first-order valence-corrected chi connectivity index (χ1v) is 20.1. The molecular weight excluding hydrogens is 721 g/mol. The van der Waals surface area contributed by atoms with E-state index in [1.165, 1.54) is 43.1 Å². The van der Waals surface area contributed by atoms with Crippen LogP contribution in [-0.4, -0.2) is 33.6 Å². The number of quaternary nitrogens is 1. The Morgan fingerprint density at radius 3 is 1.56 bits per heavy atom. The zero-order valence-electron chi connectivity index (χ0n) is 32.6. The molecule has 6 nitrogen and oxygen atoms in total. The van der Waals surface area contributed by atoms with Crippen LogP contribution in [0.25, 0.3) is 82.6 Å². The van der Waals surface area contributed by atoms with Crippen molar-refractivity contribution >= 4 is 82.8 Å². The number of fused-ring (bicyclic) bond motifs is 12. The largest absolute Gasteiger partial charge is 0.309 e. The van der Waals surface area contributed by atoms with Crippen LogP contribution in [0.3, 0.4) is 0 Å². The number of benzene rings is 9. The van der Waals surface area contributed by atoms with Crippen molar-refractivity contribution in [3.05, 3.63) is 188 Å². The number of hydrogen-bond acceptors (Lipinski definition) is 4. The standard InChI is InChI=1S/C53H37N6/c1-59(2)47-29-17-16-28-43(47)58(53-55-51(34-18-6-3-7-19-34)54-52(56-53)35-20-8-4-9-21-35)46-33-45-42(32-48(46)59)50-44(57(45)36-22-10-5-11-23-36)31-30-41-39-26-13-12-24-37(39)38-25-14-15-27-40(38)49(41)50/h3-33H,1-2H3/q+1. The van der Waals surface area contributed by atoms with E-state index in [1.54, 1.807) is 0 Å². The third-order valence-corrected chi connectivity index (χ3v) is 12.2. The van der Waals surface area contributed by atoms with Gasteiger partial charge in [0.2, 0.25) is 5.95 Å². The average molecular weight is 758 g/mol. The molecule has 1 aliphatic heterocycles. The van der Waals surface area contributed by atoms with Gasteiger partial charge in [-0.2, -0.15) is 9.97 Å². The number of nitrogens with zero attached hydrogens (tertiary/aromatic N) is 6. The molecule has 11 aromatic rings. The zero-order valence-corrected chi connectivity index (χ0v) is 32.6. The van der Waals surface area contributed by atoms with E-state index in [2.05, 4.69) is 175 Å². The Labute approximate surface area is 341 Å². The molecular formula is C53H37N6+. The molecule has 0 saturated carbocycles. The van der Waals surface area contributed by atoms with Gasteiger partial charge in [0.1, 0.15) is 11.4 Å². The minimum Gasteiger partial charge on any atom is -0.309 e. The first-order chi connectivity index (χ1) is 29.0. The molecule has 59 heavy (non-hydrogen) atoms. The van der Waals surface area contributed by atoms with Gasteiger partial charge < -0.3 is 4.57 Å². The number of hydrogen-bond donors (Lipinski definition) is 0. The summed E-state index contributed by atoms with van der Waals surface area (Å²) >= 11 is 0. The van der Waals surface area contributed by atoms with Gasteiger partial charge in [-0.15, -0.1) is 0 Å².